The van der Waals surface area contributed by atoms with Gasteiger partial charge in [0, 0.05) is 0 Å². The largest absolute Gasteiger partial charge is 0.504 e. The van der Waals surface area contributed by atoms with Crippen LogP contribution in [0.4, 0.5) is 13.2 Å². The lowest BCUT2D eigenvalue weighted by molar-refractivity contribution is -0.138. The van der Waals surface area contributed by atoms with Gasteiger partial charge in [0.15, 0.2) is 0 Å². The highest BCUT2D eigenvalue weighted by molar-refractivity contribution is 5.82. The predicted molar refractivity (Wildman–Crippen MR) is 28.8 cm³/mol. The van der Waals surface area contributed by atoms with Crippen LogP contribution in [0.3, 0.4) is 0 Å². The maximum Gasteiger partial charge on any atom is 0.448 e. The van der Waals surface area contributed by atoms with Crippen LogP contribution in [0.25, 0.3) is 0 Å². The van der Waals surface area contributed by atoms with Crippen molar-refractivity contribution in [3.8, 4) is 0 Å². The van der Waals surface area contributed by atoms with Crippen LogP contribution in [0.5, 0.6) is 0 Å². The zero-order valence-electron chi connectivity index (χ0n) is 5.47. The second kappa shape index (κ2) is 3.27. The van der Waals surface area contributed by atoms with Crippen LogP contribution in [0.2, 0.25) is 0 Å². The third-order valence-electron chi connectivity index (χ3n) is 0.746. The molecule has 0 aromatic heterocycles. The highest BCUT2D eigenvalue weighted by Gasteiger charge is 2.34. The van der Waals surface area contributed by atoms with Gasteiger partial charge in [-0.1, -0.05) is 0 Å². The average Bonchev–Trinajstić information content (AvgIpc) is 1.85. The molecule has 0 radical (unpaired) electrons. The molecule has 0 amide bonds. The summed E-state index contributed by atoms with van der Waals surface area (Å²) in [7, 11) is 0.905. The normalized spacial score (nSPS) is 12.9. The van der Waals surface area contributed by atoms with Crippen molar-refractivity contribution < 1.29 is 27.8 Å². The van der Waals surface area contributed by atoms with Gasteiger partial charge in [0.05, 0.1) is 13.2 Å². The van der Waals surface area contributed by atoms with Gasteiger partial charge in [-0.3, -0.25) is 0 Å². The molecule has 0 atom stereocenters. The van der Waals surface area contributed by atoms with Gasteiger partial charge in [-0.05, 0) is 0 Å². The fourth-order valence-corrected chi connectivity index (χ4v) is 0.252. The van der Waals surface area contributed by atoms with Crippen molar-refractivity contribution in [1.82, 2.24) is 0 Å². The van der Waals surface area contributed by atoms with Crippen molar-refractivity contribution in [1.29, 1.82) is 0 Å². The van der Waals surface area contributed by atoms with Gasteiger partial charge in [-0.25, -0.2) is 4.79 Å². The Balaban J connectivity index is 4.35. The van der Waals surface area contributed by atoms with Crippen molar-refractivity contribution in [2.45, 2.75) is 6.18 Å². The van der Waals surface area contributed by atoms with E-state index < -0.39 is 17.9 Å². The van der Waals surface area contributed by atoms with Crippen LogP contribution in [0.15, 0.2) is 11.8 Å². The van der Waals surface area contributed by atoms with E-state index in [-0.39, 0.29) is 6.08 Å². The molecule has 6 heteroatoms. The minimum atomic E-state index is -4.89. The van der Waals surface area contributed by atoms with Crippen LogP contribution in [-0.4, -0.2) is 24.4 Å². The summed E-state index contributed by atoms with van der Waals surface area (Å²) in [6, 6.07) is 0. The van der Waals surface area contributed by atoms with Gasteiger partial charge in [0.2, 0.25) is 5.76 Å². The van der Waals surface area contributed by atoms with E-state index in [2.05, 4.69) is 4.74 Å². The number of carbonyl (C=O) groups excluding carboxylic acids is 1. The number of esters is 1. The molecule has 0 aliphatic heterocycles. The monoisotopic (exact) mass is 170 g/mol. The van der Waals surface area contributed by atoms with E-state index in [1.54, 1.807) is 0 Å². The quantitative estimate of drug-likeness (QED) is 0.365. The molecule has 0 aromatic rings. The Kier molecular flexibility index (Phi) is 2.91. The lowest BCUT2D eigenvalue weighted by atomic mass is 10.4. The molecule has 0 saturated heterocycles. The summed E-state index contributed by atoms with van der Waals surface area (Å²) in [4.78, 5) is 10.1. The maximum atomic E-state index is 11.4. The van der Waals surface area contributed by atoms with Crippen molar-refractivity contribution in [2.75, 3.05) is 7.11 Å². The van der Waals surface area contributed by atoms with Crippen molar-refractivity contribution in [3.63, 3.8) is 0 Å². The molecule has 0 spiro atoms. The van der Waals surface area contributed by atoms with E-state index in [4.69, 9.17) is 5.11 Å². The minimum absolute atomic E-state index is 0.0417. The number of carbonyl (C=O) groups is 1. The van der Waals surface area contributed by atoms with Crippen molar-refractivity contribution in [2.24, 2.45) is 0 Å². The first-order valence-corrected chi connectivity index (χ1v) is 2.43. The van der Waals surface area contributed by atoms with E-state index >= 15 is 0 Å². The van der Waals surface area contributed by atoms with Crippen molar-refractivity contribution >= 4 is 5.97 Å². The van der Waals surface area contributed by atoms with Crippen LogP contribution in [0.1, 0.15) is 0 Å². The number of rotatable bonds is 1. The molecule has 0 aliphatic carbocycles. The van der Waals surface area contributed by atoms with Crippen LogP contribution in [-0.2, 0) is 9.53 Å². The number of halogens is 3. The number of hydrogen-bond donors (Lipinski definition) is 1. The van der Waals surface area contributed by atoms with E-state index in [0.717, 1.165) is 7.11 Å². The summed E-state index contributed by atoms with van der Waals surface area (Å²) in [6.07, 6.45) is -4.94. The Labute approximate surface area is 60.1 Å². The van der Waals surface area contributed by atoms with E-state index in [1.165, 1.54) is 0 Å². The Morgan fingerprint density at radius 2 is 2.00 bits per heavy atom. The molecule has 1 N–H and O–H groups in total. The fourth-order valence-electron chi connectivity index (χ4n) is 0.252. The third kappa shape index (κ3) is 3.49. The fraction of sp³-hybridized carbons (Fsp3) is 0.400. The molecular weight excluding hydrogens is 165 g/mol. The highest BCUT2D eigenvalue weighted by Crippen LogP contribution is 2.22. The summed E-state index contributed by atoms with van der Waals surface area (Å²) < 4.78 is 38.1. The Morgan fingerprint density at radius 3 is 2.27 bits per heavy atom. The summed E-state index contributed by atoms with van der Waals surface area (Å²) >= 11 is 0. The molecule has 0 aliphatic rings. The maximum absolute atomic E-state index is 11.4. The Morgan fingerprint density at radius 1 is 1.55 bits per heavy atom. The van der Waals surface area contributed by atoms with Crippen LogP contribution in [0, 0.1) is 0 Å². The second-order valence-corrected chi connectivity index (χ2v) is 1.55. The smallest absolute Gasteiger partial charge is 0.448 e. The van der Waals surface area contributed by atoms with Gasteiger partial charge < -0.3 is 9.84 Å². The summed E-state index contributed by atoms with van der Waals surface area (Å²) in [5, 5.41) is 8.12. The third-order valence-corrected chi connectivity index (χ3v) is 0.746. The van der Waals surface area contributed by atoms with Gasteiger partial charge in [0.1, 0.15) is 0 Å². The summed E-state index contributed by atoms with van der Waals surface area (Å²) in [5.74, 6) is -3.22. The molecule has 0 saturated carbocycles. The summed E-state index contributed by atoms with van der Waals surface area (Å²) in [6.45, 7) is 0. The summed E-state index contributed by atoms with van der Waals surface area (Å²) in [5.41, 5.74) is 0. The molecule has 0 bridgehead atoms. The van der Waals surface area contributed by atoms with E-state index in [1.807, 2.05) is 0 Å². The minimum Gasteiger partial charge on any atom is -0.504 e. The zero-order valence-corrected chi connectivity index (χ0v) is 5.47. The zero-order chi connectivity index (χ0) is 9.07. The first-order chi connectivity index (χ1) is 4.88. The molecule has 64 valence electrons. The highest BCUT2D eigenvalue weighted by atomic mass is 19.4. The molecule has 0 heterocycles. The van der Waals surface area contributed by atoms with Gasteiger partial charge in [0.25, 0.3) is 0 Å². The van der Waals surface area contributed by atoms with Gasteiger partial charge >= 0.3 is 12.1 Å². The number of ether oxygens (including phenoxy) is 1. The Hall–Kier alpha value is -1.20. The Bertz CT molecular complexity index is 182. The average molecular weight is 170 g/mol. The number of hydrogen-bond acceptors (Lipinski definition) is 3. The molecule has 11 heavy (non-hydrogen) atoms. The first-order valence-electron chi connectivity index (χ1n) is 2.43. The molecule has 0 aromatic carbocycles. The van der Waals surface area contributed by atoms with Crippen LogP contribution >= 0.6 is 0 Å². The number of alkyl halides is 3. The SMILES string of the molecule is COC(=O)/C=C(\O)C(F)(F)F. The first kappa shape index (κ1) is 9.80. The topological polar surface area (TPSA) is 46.5 Å². The number of aliphatic hydroxyl groups is 1. The lowest BCUT2D eigenvalue weighted by Gasteiger charge is -2.02. The van der Waals surface area contributed by atoms with E-state index in [0.29, 0.717) is 0 Å². The van der Waals surface area contributed by atoms with Crippen molar-refractivity contribution in [3.05, 3.63) is 11.8 Å². The van der Waals surface area contributed by atoms with Gasteiger partial charge in [-0.15, -0.1) is 0 Å². The molecule has 0 unspecified atom stereocenters. The second-order valence-electron chi connectivity index (χ2n) is 1.55. The molecule has 0 fully saturated rings. The van der Waals surface area contributed by atoms with Crippen LogP contribution < -0.4 is 0 Å². The lowest BCUT2D eigenvalue weighted by Crippen LogP contribution is -2.13. The molecular formula is C5H5F3O3. The van der Waals surface area contributed by atoms with E-state index in [9.17, 15) is 18.0 Å². The number of methoxy groups -OCH3 is 1. The number of allylic oxidation sites excluding steroid dienone is 1. The predicted octanol–water partition coefficient (Wildman–Crippen LogP) is 1.16. The van der Waals surface area contributed by atoms with Gasteiger partial charge in [-0.2, -0.15) is 13.2 Å². The molecule has 0 rings (SSSR count). The molecule has 3 nitrogen and oxygen atoms in total. The number of aliphatic hydroxyl groups excluding tert-OH is 1. The standard InChI is InChI=1S/C5H5F3O3/c1-11-4(10)2-3(9)5(6,7)8/h2,9H,1H3/b3-2-.